The molecule has 1 saturated heterocycles. The first-order valence-electron chi connectivity index (χ1n) is 10.6. The Morgan fingerprint density at radius 1 is 1.19 bits per heavy atom. The Morgan fingerprint density at radius 3 is 2.78 bits per heavy atom. The molecule has 5 rings (SSSR count). The van der Waals surface area contributed by atoms with Crippen LogP contribution in [0.4, 0.5) is 11.4 Å². The summed E-state index contributed by atoms with van der Waals surface area (Å²) >= 11 is 8.03. The fraction of sp³-hybridized carbons (Fsp3) is 0.348. The summed E-state index contributed by atoms with van der Waals surface area (Å²) in [6.07, 6.45) is 3.07. The first-order chi connectivity index (χ1) is 15.5. The summed E-state index contributed by atoms with van der Waals surface area (Å²) in [5.74, 6) is 1.57. The average molecular weight is 470 g/mol. The standard InChI is InChI=1S/C23H24ClN5O2S/c1-13-12-32-23(25-13)15-7-6-8-16(21(15)30-3)27-17-11-18(24)28-22-20(17)26-14(2)29(22)19-9-4-5-10-31-19/h6-8,11-12,19H,4-5,9-10H2,1-3H3,(H,27,28). The number of hydrogen-bond acceptors (Lipinski definition) is 7. The highest BCUT2D eigenvalue weighted by molar-refractivity contribution is 7.13. The Kier molecular flexibility index (Phi) is 5.75. The summed E-state index contributed by atoms with van der Waals surface area (Å²) in [6.45, 7) is 4.71. The second-order valence-electron chi connectivity index (χ2n) is 7.82. The van der Waals surface area contributed by atoms with Crippen molar-refractivity contribution in [3.8, 4) is 16.3 Å². The van der Waals surface area contributed by atoms with Gasteiger partial charge >= 0.3 is 0 Å². The van der Waals surface area contributed by atoms with Gasteiger partial charge in [0.25, 0.3) is 0 Å². The molecule has 0 radical (unpaired) electrons. The molecule has 4 aromatic rings. The van der Waals surface area contributed by atoms with Crippen molar-refractivity contribution in [3.63, 3.8) is 0 Å². The van der Waals surface area contributed by atoms with Crippen molar-refractivity contribution in [2.75, 3.05) is 19.0 Å². The summed E-state index contributed by atoms with van der Waals surface area (Å²) in [6, 6.07) is 7.76. The smallest absolute Gasteiger partial charge is 0.166 e. The van der Waals surface area contributed by atoms with E-state index in [1.807, 2.05) is 37.4 Å². The minimum absolute atomic E-state index is 0.0708. The van der Waals surface area contributed by atoms with Crippen molar-refractivity contribution in [3.05, 3.63) is 46.3 Å². The van der Waals surface area contributed by atoms with Crippen molar-refractivity contribution in [2.24, 2.45) is 0 Å². The van der Waals surface area contributed by atoms with E-state index < -0.39 is 0 Å². The molecule has 0 amide bonds. The molecule has 3 aromatic heterocycles. The number of ether oxygens (including phenoxy) is 2. The van der Waals surface area contributed by atoms with Crippen LogP contribution in [0.3, 0.4) is 0 Å². The van der Waals surface area contributed by atoms with E-state index in [1.54, 1.807) is 24.5 Å². The molecule has 7 nitrogen and oxygen atoms in total. The monoisotopic (exact) mass is 469 g/mol. The number of para-hydroxylation sites is 1. The van der Waals surface area contributed by atoms with Crippen LogP contribution in [0.2, 0.25) is 5.15 Å². The molecule has 1 aromatic carbocycles. The van der Waals surface area contributed by atoms with Gasteiger partial charge in [-0.3, -0.25) is 4.57 Å². The molecule has 0 saturated carbocycles. The zero-order valence-corrected chi connectivity index (χ0v) is 19.8. The number of aryl methyl sites for hydroxylation is 2. The van der Waals surface area contributed by atoms with E-state index in [2.05, 4.69) is 19.9 Å². The predicted octanol–water partition coefficient (Wildman–Crippen LogP) is 6.28. The second kappa shape index (κ2) is 8.69. The molecule has 0 bridgehead atoms. The first-order valence-corrected chi connectivity index (χ1v) is 11.8. The maximum absolute atomic E-state index is 6.44. The molecule has 1 aliphatic heterocycles. The van der Waals surface area contributed by atoms with Gasteiger partial charge in [0.2, 0.25) is 0 Å². The lowest BCUT2D eigenvalue weighted by atomic mass is 10.1. The maximum Gasteiger partial charge on any atom is 0.166 e. The van der Waals surface area contributed by atoms with Gasteiger partial charge in [0.15, 0.2) is 11.4 Å². The molecule has 1 aliphatic rings. The van der Waals surface area contributed by atoms with Crippen LogP contribution in [-0.2, 0) is 4.74 Å². The van der Waals surface area contributed by atoms with Gasteiger partial charge in [-0.2, -0.15) is 0 Å². The molecule has 0 aliphatic carbocycles. The van der Waals surface area contributed by atoms with E-state index in [1.165, 1.54) is 0 Å². The van der Waals surface area contributed by atoms with Gasteiger partial charge in [-0.15, -0.1) is 11.3 Å². The summed E-state index contributed by atoms with van der Waals surface area (Å²) < 4.78 is 13.8. The van der Waals surface area contributed by atoms with E-state index in [0.29, 0.717) is 5.15 Å². The Balaban J connectivity index is 1.59. The average Bonchev–Trinajstić information content (AvgIpc) is 3.36. The highest BCUT2D eigenvalue weighted by Gasteiger charge is 2.24. The number of pyridine rings is 1. The van der Waals surface area contributed by atoms with E-state index in [0.717, 1.165) is 76.2 Å². The molecule has 166 valence electrons. The van der Waals surface area contributed by atoms with E-state index in [9.17, 15) is 0 Å². The number of thiazole rings is 1. The highest BCUT2D eigenvalue weighted by atomic mass is 35.5. The third-order valence-electron chi connectivity index (χ3n) is 5.58. The van der Waals surface area contributed by atoms with Gasteiger partial charge in [0.05, 0.1) is 24.0 Å². The SMILES string of the molecule is COc1c(Nc2cc(Cl)nc3c2nc(C)n3C2CCCCO2)cccc1-c1nc(C)cs1. The Labute approximate surface area is 195 Å². The summed E-state index contributed by atoms with van der Waals surface area (Å²) in [7, 11) is 1.67. The lowest BCUT2D eigenvalue weighted by molar-refractivity contribution is -0.0309. The molecule has 4 heterocycles. The number of rotatable bonds is 5. The summed E-state index contributed by atoms with van der Waals surface area (Å²) in [5, 5.41) is 6.81. The Hall–Kier alpha value is -2.68. The van der Waals surface area contributed by atoms with Crippen LogP contribution in [0, 0.1) is 13.8 Å². The topological polar surface area (TPSA) is 74.1 Å². The van der Waals surface area contributed by atoms with Gasteiger partial charge in [0, 0.05) is 23.7 Å². The normalized spacial score (nSPS) is 16.4. The van der Waals surface area contributed by atoms with Crippen LogP contribution in [-0.4, -0.2) is 33.2 Å². The lowest BCUT2D eigenvalue weighted by Gasteiger charge is -2.25. The largest absolute Gasteiger partial charge is 0.494 e. The number of aromatic nitrogens is 4. The summed E-state index contributed by atoms with van der Waals surface area (Å²) in [5.41, 5.74) is 4.96. The quantitative estimate of drug-likeness (QED) is 0.347. The number of nitrogens with one attached hydrogen (secondary N) is 1. The first kappa shape index (κ1) is 21.2. The molecule has 1 N–H and O–H groups in total. The number of hydrogen-bond donors (Lipinski definition) is 1. The van der Waals surface area contributed by atoms with Crippen molar-refractivity contribution in [1.82, 2.24) is 19.5 Å². The molecule has 1 atom stereocenters. The predicted molar refractivity (Wildman–Crippen MR) is 128 cm³/mol. The van der Waals surface area contributed by atoms with Crippen LogP contribution in [0.1, 0.15) is 37.0 Å². The summed E-state index contributed by atoms with van der Waals surface area (Å²) in [4.78, 5) is 14.0. The maximum atomic E-state index is 6.44. The number of nitrogens with zero attached hydrogens (tertiary/aromatic N) is 4. The van der Waals surface area contributed by atoms with Crippen molar-refractivity contribution >= 4 is 45.5 Å². The molecule has 9 heteroatoms. The van der Waals surface area contributed by atoms with Crippen molar-refractivity contribution < 1.29 is 9.47 Å². The van der Waals surface area contributed by atoms with Crippen LogP contribution in [0.25, 0.3) is 21.7 Å². The Bertz CT molecular complexity index is 1280. The zero-order chi connectivity index (χ0) is 22.2. The minimum Gasteiger partial charge on any atom is -0.494 e. The van der Waals surface area contributed by atoms with Gasteiger partial charge < -0.3 is 14.8 Å². The highest BCUT2D eigenvalue weighted by Crippen LogP contribution is 2.40. The molecular formula is C23H24ClN5O2S. The van der Waals surface area contributed by atoms with E-state index in [-0.39, 0.29) is 6.23 Å². The van der Waals surface area contributed by atoms with Crippen LogP contribution >= 0.6 is 22.9 Å². The molecule has 32 heavy (non-hydrogen) atoms. The Morgan fingerprint density at radius 2 is 2.06 bits per heavy atom. The van der Waals surface area contributed by atoms with Crippen LogP contribution in [0.5, 0.6) is 5.75 Å². The molecule has 1 unspecified atom stereocenters. The molecule has 1 fully saturated rings. The van der Waals surface area contributed by atoms with Crippen LogP contribution < -0.4 is 10.1 Å². The van der Waals surface area contributed by atoms with E-state index >= 15 is 0 Å². The number of benzene rings is 1. The lowest BCUT2D eigenvalue weighted by Crippen LogP contribution is -2.19. The van der Waals surface area contributed by atoms with E-state index in [4.69, 9.17) is 26.1 Å². The fourth-order valence-electron chi connectivity index (χ4n) is 4.16. The van der Waals surface area contributed by atoms with Gasteiger partial charge in [-0.1, -0.05) is 17.7 Å². The zero-order valence-electron chi connectivity index (χ0n) is 18.2. The van der Waals surface area contributed by atoms with Gasteiger partial charge in [-0.05, 0) is 45.2 Å². The number of imidazole rings is 1. The number of anilines is 2. The minimum atomic E-state index is -0.0708. The number of methoxy groups -OCH3 is 1. The van der Waals surface area contributed by atoms with Crippen molar-refractivity contribution in [1.29, 1.82) is 0 Å². The molecular weight excluding hydrogens is 446 g/mol. The van der Waals surface area contributed by atoms with Crippen LogP contribution in [0.15, 0.2) is 29.6 Å². The third-order valence-corrected chi connectivity index (χ3v) is 6.76. The van der Waals surface area contributed by atoms with Gasteiger partial charge in [-0.25, -0.2) is 15.0 Å². The van der Waals surface area contributed by atoms with Crippen molar-refractivity contribution in [2.45, 2.75) is 39.3 Å². The number of fused-ring (bicyclic) bond motifs is 1. The molecule has 0 spiro atoms. The fourth-order valence-corrected chi connectivity index (χ4v) is 5.16. The van der Waals surface area contributed by atoms with Gasteiger partial charge in [0.1, 0.15) is 27.7 Å². The second-order valence-corrected chi connectivity index (χ2v) is 9.07. The number of halogens is 1. The third kappa shape index (κ3) is 3.83.